The number of benzene rings is 1. The van der Waals surface area contributed by atoms with Crippen molar-refractivity contribution in [3.63, 3.8) is 0 Å². The number of esters is 2. The first-order chi connectivity index (χ1) is 16.9. The fourth-order valence-electron chi connectivity index (χ4n) is 3.84. The van der Waals surface area contributed by atoms with Crippen LogP contribution in [0.4, 0.5) is 5.00 Å². The van der Waals surface area contributed by atoms with Crippen LogP contribution in [0.3, 0.4) is 0 Å². The molecule has 2 amide bonds. The van der Waals surface area contributed by atoms with Crippen LogP contribution in [-0.2, 0) is 32.0 Å². The van der Waals surface area contributed by atoms with Crippen LogP contribution in [0.5, 0.6) is 0 Å². The van der Waals surface area contributed by atoms with Gasteiger partial charge < -0.3 is 24.1 Å². The largest absolute Gasteiger partial charge is 0.462 e. The number of anilines is 1. The molecule has 35 heavy (non-hydrogen) atoms. The van der Waals surface area contributed by atoms with Crippen LogP contribution < -0.4 is 5.32 Å². The van der Waals surface area contributed by atoms with Crippen molar-refractivity contribution in [1.29, 1.82) is 0 Å². The van der Waals surface area contributed by atoms with Gasteiger partial charge in [-0.25, -0.2) is 9.59 Å². The highest BCUT2D eigenvalue weighted by atomic mass is 32.1. The van der Waals surface area contributed by atoms with Crippen molar-refractivity contribution in [2.75, 3.05) is 18.5 Å². The monoisotopic (exact) mass is 496 g/mol. The Kier molecular flexibility index (Phi) is 7.31. The Balaban J connectivity index is 1.42. The SMILES string of the molecule is CCOC(=O)c1sc(NC(=O)COC(=O)[C@@H]2Cc3ccccc3CN2C(=O)c2ccco2)cc1C. The van der Waals surface area contributed by atoms with Crippen molar-refractivity contribution >= 4 is 40.1 Å². The molecule has 0 saturated carbocycles. The van der Waals surface area contributed by atoms with E-state index in [-0.39, 0.29) is 25.3 Å². The summed E-state index contributed by atoms with van der Waals surface area (Å²) in [7, 11) is 0. The van der Waals surface area contributed by atoms with E-state index in [1.807, 2.05) is 24.3 Å². The van der Waals surface area contributed by atoms with Crippen LogP contribution in [0, 0.1) is 6.92 Å². The molecule has 0 bridgehead atoms. The number of hydrogen-bond acceptors (Lipinski definition) is 8. The van der Waals surface area contributed by atoms with Gasteiger partial charge in [0.05, 0.1) is 17.9 Å². The average Bonchev–Trinajstić information content (AvgIpc) is 3.51. The lowest BCUT2D eigenvalue weighted by atomic mass is 9.93. The van der Waals surface area contributed by atoms with Gasteiger partial charge in [0.1, 0.15) is 10.9 Å². The lowest BCUT2D eigenvalue weighted by Crippen LogP contribution is -2.49. The number of nitrogens with zero attached hydrogens (tertiary/aromatic N) is 1. The number of carbonyl (C=O) groups is 4. The van der Waals surface area contributed by atoms with Gasteiger partial charge in [0.15, 0.2) is 12.4 Å². The summed E-state index contributed by atoms with van der Waals surface area (Å²) >= 11 is 1.08. The van der Waals surface area contributed by atoms with E-state index < -0.39 is 36.4 Å². The Bertz CT molecular complexity index is 1250. The highest BCUT2D eigenvalue weighted by molar-refractivity contribution is 7.18. The molecule has 10 heteroatoms. The van der Waals surface area contributed by atoms with E-state index in [0.717, 1.165) is 22.5 Å². The van der Waals surface area contributed by atoms with Gasteiger partial charge in [-0.3, -0.25) is 9.59 Å². The van der Waals surface area contributed by atoms with Crippen molar-refractivity contribution < 1.29 is 33.1 Å². The number of aryl methyl sites for hydroxylation is 1. The van der Waals surface area contributed by atoms with Gasteiger partial charge in [0.25, 0.3) is 11.8 Å². The molecule has 3 heterocycles. The standard InChI is InChI=1S/C25H24N2O7S/c1-3-32-25(31)22-15(2)11-21(35-22)26-20(28)14-34-24(30)18-12-16-7-4-5-8-17(16)13-27(18)23(29)19-9-6-10-33-19/h4-11,18H,3,12-14H2,1-2H3,(H,26,28)/t18-/m0/s1. The van der Waals surface area contributed by atoms with Gasteiger partial charge >= 0.3 is 11.9 Å². The quantitative estimate of drug-likeness (QED) is 0.497. The summed E-state index contributed by atoms with van der Waals surface area (Å²) < 4.78 is 15.5. The maximum absolute atomic E-state index is 13.0. The Morgan fingerprint density at radius 3 is 2.60 bits per heavy atom. The molecule has 0 unspecified atom stereocenters. The number of thiophene rings is 1. The number of carbonyl (C=O) groups excluding carboxylic acids is 4. The van der Waals surface area contributed by atoms with Crippen LogP contribution in [0.25, 0.3) is 0 Å². The van der Waals surface area contributed by atoms with Crippen molar-refractivity contribution in [2.24, 2.45) is 0 Å². The molecule has 0 saturated heterocycles. The summed E-state index contributed by atoms with van der Waals surface area (Å²) in [5.74, 6) is -2.03. The first-order valence-corrected chi connectivity index (χ1v) is 11.8. The third kappa shape index (κ3) is 5.43. The molecule has 4 rings (SSSR count). The van der Waals surface area contributed by atoms with Gasteiger partial charge in [0.2, 0.25) is 0 Å². The number of fused-ring (bicyclic) bond motifs is 1. The van der Waals surface area contributed by atoms with E-state index in [9.17, 15) is 19.2 Å². The molecule has 182 valence electrons. The lowest BCUT2D eigenvalue weighted by molar-refractivity contribution is -0.152. The van der Waals surface area contributed by atoms with E-state index >= 15 is 0 Å². The minimum Gasteiger partial charge on any atom is -0.462 e. The minimum atomic E-state index is -0.908. The second-order valence-electron chi connectivity index (χ2n) is 7.90. The van der Waals surface area contributed by atoms with E-state index in [0.29, 0.717) is 15.4 Å². The molecular weight excluding hydrogens is 472 g/mol. The number of rotatable bonds is 7. The number of amides is 2. The summed E-state index contributed by atoms with van der Waals surface area (Å²) in [6.07, 6.45) is 1.65. The van der Waals surface area contributed by atoms with E-state index in [1.165, 1.54) is 17.2 Å². The molecular formula is C25H24N2O7S. The van der Waals surface area contributed by atoms with Crippen molar-refractivity contribution in [3.05, 3.63) is 76.1 Å². The molecule has 0 radical (unpaired) electrons. The summed E-state index contributed by atoms with van der Waals surface area (Å²) in [4.78, 5) is 52.2. The first kappa shape index (κ1) is 24.2. The summed E-state index contributed by atoms with van der Waals surface area (Å²) in [6.45, 7) is 3.38. The molecule has 0 spiro atoms. The molecule has 9 nitrogen and oxygen atoms in total. The third-order valence-electron chi connectivity index (χ3n) is 5.50. The minimum absolute atomic E-state index is 0.116. The average molecular weight is 497 g/mol. The van der Waals surface area contributed by atoms with Crippen molar-refractivity contribution in [1.82, 2.24) is 4.90 Å². The van der Waals surface area contributed by atoms with Gasteiger partial charge in [0, 0.05) is 13.0 Å². The molecule has 2 aromatic heterocycles. The fraction of sp³-hybridized carbons (Fsp3) is 0.280. The molecule has 1 N–H and O–H groups in total. The molecule has 1 aliphatic rings. The van der Waals surface area contributed by atoms with Crippen LogP contribution in [-0.4, -0.2) is 47.9 Å². The highest BCUT2D eigenvalue weighted by Gasteiger charge is 2.37. The number of ether oxygens (including phenoxy) is 2. The first-order valence-electron chi connectivity index (χ1n) is 11.0. The smallest absolute Gasteiger partial charge is 0.348 e. The topological polar surface area (TPSA) is 115 Å². The third-order valence-corrected chi connectivity index (χ3v) is 6.63. The number of furan rings is 1. The van der Waals surface area contributed by atoms with Crippen LogP contribution in [0.2, 0.25) is 0 Å². The maximum Gasteiger partial charge on any atom is 0.348 e. The molecule has 3 aromatic rings. The molecule has 1 atom stereocenters. The maximum atomic E-state index is 13.0. The van der Waals surface area contributed by atoms with Gasteiger partial charge in [-0.05, 0) is 48.7 Å². The Hall–Kier alpha value is -3.92. The normalized spacial score (nSPS) is 14.7. The summed E-state index contributed by atoms with van der Waals surface area (Å²) in [6, 6.07) is 11.4. The second kappa shape index (κ2) is 10.6. The van der Waals surface area contributed by atoms with Gasteiger partial charge in [-0.2, -0.15) is 0 Å². The van der Waals surface area contributed by atoms with Crippen LogP contribution in [0.15, 0.2) is 53.1 Å². The summed E-state index contributed by atoms with van der Waals surface area (Å²) in [5.41, 5.74) is 2.54. The zero-order valence-electron chi connectivity index (χ0n) is 19.2. The van der Waals surface area contributed by atoms with E-state index in [1.54, 1.807) is 26.0 Å². The van der Waals surface area contributed by atoms with Gasteiger partial charge in [-0.1, -0.05) is 24.3 Å². The molecule has 0 aliphatic carbocycles. The predicted octanol–water partition coefficient (Wildman–Crippen LogP) is 3.58. The summed E-state index contributed by atoms with van der Waals surface area (Å²) in [5, 5.41) is 3.07. The second-order valence-corrected chi connectivity index (χ2v) is 8.95. The predicted molar refractivity (Wildman–Crippen MR) is 127 cm³/mol. The van der Waals surface area contributed by atoms with Crippen molar-refractivity contribution in [3.8, 4) is 0 Å². The van der Waals surface area contributed by atoms with E-state index in [2.05, 4.69) is 5.32 Å². The molecule has 1 aromatic carbocycles. The zero-order chi connectivity index (χ0) is 24.9. The lowest BCUT2D eigenvalue weighted by Gasteiger charge is -2.34. The molecule has 1 aliphatic heterocycles. The Morgan fingerprint density at radius 1 is 1.11 bits per heavy atom. The van der Waals surface area contributed by atoms with E-state index in [4.69, 9.17) is 13.9 Å². The zero-order valence-corrected chi connectivity index (χ0v) is 20.1. The van der Waals surface area contributed by atoms with Gasteiger partial charge in [-0.15, -0.1) is 11.3 Å². The number of hydrogen-bond donors (Lipinski definition) is 1. The number of nitrogens with one attached hydrogen (secondary N) is 1. The molecule has 0 fully saturated rings. The Labute approximate surface area is 205 Å². The van der Waals surface area contributed by atoms with Crippen LogP contribution in [0.1, 0.15) is 43.8 Å². The Morgan fingerprint density at radius 2 is 1.89 bits per heavy atom. The fourth-order valence-corrected chi connectivity index (χ4v) is 4.82. The van der Waals surface area contributed by atoms with Crippen LogP contribution >= 0.6 is 11.3 Å². The highest BCUT2D eigenvalue weighted by Crippen LogP contribution is 2.28. The van der Waals surface area contributed by atoms with Crippen molar-refractivity contribution in [2.45, 2.75) is 32.9 Å².